The van der Waals surface area contributed by atoms with E-state index in [2.05, 4.69) is 15.2 Å². The number of rotatable bonds is 5. The lowest BCUT2D eigenvalue weighted by molar-refractivity contribution is 0.0773. The van der Waals surface area contributed by atoms with Gasteiger partial charge >= 0.3 is 0 Å². The number of carbonyl (C=O) groups is 1. The summed E-state index contributed by atoms with van der Waals surface area (Å²) >= 11 is 0. The molecule has 0 aromatic heterocycles. The minimum atomic E-state index is 0.105. The summed E-state index contributed by atoms with van der Waals surface area (Å²) in [6.07, 6.45) is 5.44. The van der Waals surface area contributed by atoms with Gasteiger partial charge in [0.1, 0.15) is 0 Å². The van der Waals surface area contributed by atoms with E-state index in [1.54, 1.807) is 0 Å². The maximum Gasteiger partial charge on any atom is 0.253 e. The summed E-state index contributed by atoms with van der Waals surface area (Å²) in [6.45, 7) is 8.49. The van der Waals surface area contributed by atoms with Crippen LogP contribution < -0.4 is 5.32 Å². The molecule has 2 fully saturated rings. The van der Waals surface area contributed by atoms with Gasteiger partial charge in [-0.25, -0.2) is 0 Å². The molecule has 1 saturated heterocycles. The number of nitrogens with zero attached hydrogens (tertiary/aromatic N) is 3. The van der Waals surface area contributed by atoms with E-state index >= 15 is 0 Å². The zero-order valence-electron chi connectivity index (χ0n) is 16.4. The van der Waals surface area contributed by atoms with Crippen molar-refractivity contribution < 1.29 is 4.79 Å². The van der Waals surface area contributed by atoms with E-state index in [1.807, 2.05) is 50.1 Å². The molecule has 0 bridgehead atoms. The Morgan fingerprint density at radius 2 is 1.88 bits per heavy atom. The van der Waals surface area contributed by atoms with E-state index in [4.69, 9.17) is 0 Å². The number of guanidine groups is 1. The molecule has 1 spiro atoms. The van der Waals surface area contributed by atoms with Crippen LogP contribution in [-0.2, 0) is 6.54 Å². The van der Waals surface area contributed by atoms with Gasteiger partial charge in [0, 0.05) is 45.3 Å². The standard InChI is InChI=1S/C21H32N4O/c1-4-24(5-2)19(26)18-9-7-17(8-10-18)15-23-20(22-3)25-14-13-21(16-25)11-6-12-21/h7-10H,4-6,11-16H2,1-3H3,(H,22,23). The van der Waals surface area contributed by atoms with E-state index in [-0.39, 0.29) is 5.91 Å². The Bertz CT molecular complexity index is 644. The summed E-state index contributed by atoms with van der Waals surface area (Å²) in [4.78, 5) is 21.1. The number of hydrogen-bond acceptors (Lipinski definition) is 2. The molecule has 1 N–H and O–H groups in total. The predicted molar refractivity (Wildman–Crippen MR) is 106 cm³/mol. The summed E-state index contributed by atoms with van der Waals surface area (Å²) in [7, 11) is 1.86. The molecule has 3 rings (SSSR count). The first kappa shape index (κ1) is 18.7. The lowest BCUT2D eigenvalue weighted by atomic mass is 9.68. The molecule has 2 aliphatic rings. The number of nitrogens with one attached hydrogen (secondary N) is 1. The van der Waals surface area contributed by atoms with Gasteiger partial charge in [0.05, 0.1) is 0 Å². The van der Waals surface area contributed by atoms with Crippen molar-refractivity contribution in [3.63, 3.8) is 0 Å². The second kappa shape index (κ2) is 8.11. The van der Waals surface area contributed by atoms with Crippen LogP contribution in [-0.4, -0.2) is 54.9 Å². The lowest BCUT2D eigenvalue weighted by Crippen LogP contribution is -2.42. The van der Waals surface area contributed by atoms with Crippen LogP contribution >= 0.6 is 0 Å². The number of benzene rings is 1. The highest BCUT2D eigenvalue weighted by molar-refractivity contribution is 5.94. The molecule has 1 amide bonds. The Morgan fingerprint density at radius 3 is 2.38 bits per heavy atom. The number of hydrogen-bond donors (Lipinski definition) is 1. The van der Waals surface area contributed by atoms with Crippen molar-refractivity contribution in [2.24, 2.45) is 10.4 Å². The van der Waals surface area contributed by atoms with E-state index in [0.29, 0.717) is 5.41 Å². The summed E-state index contributed by atoms with van der Waals surface area (Å²) in [5, 5.41) is 3.49. The predicted octanol–water partition coefficient (Wildman–Crippen LogP) is 3.12. The fourth-order valence-corrected chi connectivity index (χ4v) is 4.17. The zero-order valence-corrected chi connectivity index (χ0v) is 16.4. The summed E-state index contributed by atoms with van der Waals surface area (Å²) in [5.41, 5.74) is 2.50. The molecular formula is C21H32N4O. The SMILES string of the molecule is CCN(CC)C(=O)c1ccc(CNC(=NC)N2CCC3(CCC3)C2)cc1. The summed E-state index contributed by atoms with van der Waals surface area (Å²) in [6, 6.07) is 7.93. The topological polar surface area (TPSA) is 47.9 Å². The maximum absolute atomic E-state index is 12.4. The Morgan fingerprint density at radius 1 is 1.19 bits per heavy atom. The smallest absolute Gasteiger partial charge is 0.253 e. The Labute approximate surface area is 157 Å². The van der Waals surface area contributed by atoms with Crippen molar-refractivity contribution in [1.29, 1.82) is 0 Å². The van der Waals surface area contributed by atoms with Crippen LogP contribution in [0.1, 0.15) is 55.5 Å². The van der Waals surface area contributed by atoms with Gasteiger partial charge < -0.3 is 15.1 Å². The molecule has 0 radical (unpaired) electrons. The van der Waals surface area contributed by atoms with Crippen molar-refractivity contribution in [3.05, 3.63) is 35.4 Å². The van der Waals surface area contributed by atoms with Gasteiger partial charge in [0.15, 0.2) is 5.96 Å². The molecule has 1 aromatic rings. The quantitative estimate of drug-likeness (QED) is 0.651. The molecule has 5 nitrogen and oxygen atoms in total. The van der Waals surface area contributed by atoms with Gasteiger partial charge in [0.25, 0.3) is 5.91 Å². The van der Waals surface area contributed by atoms with Crippen LogP contribution in [0.5, 0.6) is 0 Å². The van der Waals surface area contributed by atoms with Crippen molar-refractivity contribution in [2.75, 3.05) is 33.2 Å². The van der Waals surface area contributed by atoms with E-state index in [1.165, 1.54) is 31.2 Å². The van der Waals surface area contributed by atoms with Gasteiger partial charge in [-0.3, -0.25) is 9.79 Å². The second-order valence-corrected chi connectivity index (χ2v) is 7.60. The normalized spacial score (nSPS) is 18.7. The van der Waals surface area contributed by atoms with Gasteiger partial charge in [0.2, 0.25) is 0 Å². The van der Waals surface area contributed by atoms with Crippen LogP contribution in [0.3, 0.4) is 0 Å². The van der Waals surface area contributed by atoms with Crippen molar-refractivity contribution in [1.82, 2.24) is 15.1 Å². The van der Waals surface area contributed by atoms with Crippen molar-refractivity contribution >= 4 is 11.9 Å². The van der Waals surface area contributed by atoms with Gasteiger partial charge in [-0.15, -0.1) is 0 Å². The molecule has 5 heteroatoms. The third kappa shape index (κ3) is 3.87. The first-order valence-corrected chi connectivity index (χ1v) is 9.94. The third-order valence-electron chi connectivity index (χ3n) is 6.07. The van der Waals surface area contributed by atoms with Crippen molar-refractivity contribution in [3.8, 4) is 0 Å². The molecule has 0 unspecified atom stereocenters. The highest BCUT2D eigenvalue weighted by Gasteiger charge is 2.43. The first-order valence-electron chi connectivity index (χ1n) is 9.94. The fourth-order valence-electron chi connectivity index (χ4n) is 4.17. The van der Waals surface area contributed by atoms with Crippen LogP contribution in [0.15, 0.2) is 29.3 Å². The van der Waals surface area contributed by atoms with Crippen LogP contribution in [0.25, 0.3) is 0 Å². The molecule has 1 saturated carbocycles. The van der Waals surface area contributed by atoms with Crippen LogP contribution in [0.2, 0.25) is 0 Å². The van der Waals surface area contributed by atoms with Gasteiger partial charge in [-0.2, -0.15) is 0 Å². The molecule has 1 aromatic carbocycles. The molecule has 1 aliphatic heterocycles. The Hall–Kier alpha value is -2.04. The minimum absolute atomic E-state index is 0.105. The lowest BCUT2D eigenvalue weighted by Gasteiger charge is -2.38. The molecule has 1 heterocycles. The van der Waals surface area contributed by atoms with Crippen LogP contribution in [0.4, 0.5) is 0 Å². The Kier molecular flexibility index (Phi) is 5.84. The number of aliphatic imine (C=N–C) groups is 1. The second-order valence-electron chi connectivity index (χ2n) is 7.60. The molecule has 1 aliphatic carbocycles. The Balaban J connectivity index is 1.55. The maximum atomic E-state index is 12.4. The monoisotopic (exact) mass is 356 g/mol. The summed E-state index contributed by atoms with van der Waals surface area (Å²) in [5.74, 6) is 1.10. The van der Waals surface area contributed by atoms with Crippen molar-refractivity contribution in [2.45, 2.75) is 46.1 Å². The average molecular weight is 357 g/mol. The highest BCUT2D eigenvalue weighted by atomic mass is 16.2. The largest absolute Gasteiger partial charge is 0.352 e. The minimum Gasteiger partial charge on any atom is -0.352 e. The van der Waals surface area contributed by atoms with Crippen LogP contribution in [0, 0.1) is 5.41 Å². The van der Waals surface area contributed by atoms with Gasteiger partial charge in [-0.1, -0.05) is 18.6 Å². The third-order valence-corrected chi connectivity index (χ3v) is 6.07. The fraction of sp³-hybridized carbons (Fsp3) is 0.619. The zero-order chi connectivity index (χ0) is 18.6. The van der Waals surface area contributed by atoms with E-state index < -0.39 is 0 Å². The number of likely N-dealkylation sites (tertiary alicyclic amines) is 1. The molecule has 26 heavy (non-hydrogen) atoms. The van der Waals surface area contributed by atoms with E-state index in [9.17, 15) is 4.79 Å². The van der Waals surface area contributed by atoms with Gasteiger partial charge in [-0.05, 0) is 56.2 Å². The average Bonchev–Trinajstić information content (AvgIpc) is 3.10. The molecule has 142 valence electrons. The number of amides is 1. The highest BCUT2D eigenvalue weighted by Crippen LogP contribution is 2.47. The van der Waals surface area contributed by atoms with E-state index in [0.717, 1.165) is 44.2 Å². The molecular weight excluding hydrogens is 324 g/mol. The summed E-state index contributed by atoms with van der Waals surface area (Å²) < 4.78 is 0. The molecule has 0 atom stereocenters. The number of carbonyl (C=O) groups excluding carboxylic acids is 1. The first-order chi connectivity index (χ1) is 12.6.